The highest BCUT2D eigenvalue weighted by Gasteiger charge is 2.19. The van der Waals surface area contributed by atoms with E-state index < -0.39 is 11.8 Å². The first-order valence-corrected chi connectivity index (χ1v) is 9.84. The lowest BCUT2D eigenvalue weighted by Crippen LogP contribution is -2.29. The Bertz CT molecular complexity index is 816. The molecule has 1 atom stereocenters. The van der Waals surface area contributed by atoms with E-state index in [1.54, 1.807) is 50.5 Å². The van der Waals surface area contributed by atoms with Crippen molar-refractivity contribution in [3.05, 3.63) is 69.8 Å². The molecule has 2 N–H and O–H groups in total. The summed E-state index contributed by atoms with van der Waals surface area (Å²) in [6, 6.07) is 8.40. The molecule has 0 radical (unpaired) electrons. The molecule has 0 spiro atoms. The third-order valence-corrected chi connectivity index (χ3v) is 5.04. The van der Waals surface area contributed by atoms with Gasteiger partial charge in [0, 0.05) is 12.5 Å². The number of benzene rings is 2. The van der Waals surface area contributed by atoms with Gasteiger partial charge >= 0.3 is 0 Å². The van der Waals surface area contributed by atoms with Crippen LogP contribution in [0.15, 0.2) is 30.3 Å². The van der Waals surface area contributed by atoms with Crippen molar-refractivity contribution in [1.82, 2.24) is 5.48 Å². The Morgan fingerprint density at radius 2 is 1.69 bits per heavy atom. The second-order valence-corrected chi connectivity index (χ2v) is 7.55. The molecule has 0 saturated carbocycles. The largest absolute Gasteiger partial charge is 0.377 e. The van der Waals surface area contributed by atoms with Gasteiger partial charge in [0.25, 0.3) is 0 Å². The highest BCUT2D eigenvalue weighted by Crippen LogP contribution is 2.21. The summed E-state index contributed by atoms with van der Waals surface area (Å²) in [4.78, 5) is 12.0. The molecule has 6 heteroatoms. The van der Waals surface area contributed by atoms with Crippen LogP contribution in [0.4, 0.5) is 8.78 Å². The van der Waals surface area contributed by atoms with Crippen LogP contribution >= 0.6 is 0 Å². The third-order valence-electron chi connectivity index (χ3n) is 5.04. The molecular weight excluding hydrogens is 376 g/mol. The Morgan fingerprint density at radius 3 is 2.31 bits per heavy atom. The number of hydrogen-bond donors (Lipinski definition) is 2. The number of nitrogens with one attached hydrogen (secondary N) is 1. The van der Waals surface area contributed by atoms with E-state index in [9.17, 15) is 13.6 Å². The minimum absolute atomic E-state index is 0.228. The van der Waals surface area contributed by atoms with Crippen LogP contribution in [-0.2, 0) is 22.6 Å². The van der Waals surface area contributed by atoms with Gasteiger partial charge in [0.1, 0.15) is 11.6 Å². The van der Waals surface area contributed by atoms with Crippen LogP contribution in [0.25, 0.3) is 0 Å². The van der Waals surface area contributed by atoms with Crippen molar-refractivity contribution < 1.29 is 23.5 Å². The van der Waals surface area contributed by atoms with E-state index in [1.807, 2.05) is 0 Å². The molecule has 0 fully saturated rings. The highest BCUT2D eigenvalue weighted by molar-refractivity contribution is 5.77. The first-order valence-electron chi connectivity index (χ1n) is 9.84. The molecule has 2 aromatic rings. The summed E-state index contributed by atoms with van der Waals surface area (Å²) < 4.78 is 32.7. The van der Waals surface area contributed by atoms with E-state index in [0.29, 0.717) is 42.7 Å². The zero-order chi connectivity index (χ0) is 21.4. The maximum Gasteiger partial charge on any atom is 0.246 e. The number of halogens is 2. The normalized spacial score (nSPS) is 12.1. The van der Waals surface area contributed by atoms with Crippen molar-refractivity contribution in [2.45, 2.75) is 53.1 Å². The quantitative estimate of drug-likeness (QED) is 0.334. The van der Waals surface area contributed by atoms with Crippen LogP contribution < -0.4 is 5.48 Å². The summed E-state index contributed by atoms with van der Waals surface area (Å²) in [6.07, 6.45) is 2.53. The lowest BCUT2D eigenvalue weighted by atomic mass is 9.92. The monoisotopic (exact) mass is 405 g/mol. The molecule has 0 bridgehead atoms. The number of hydrogen-bond acceptors (Lipinski definition) is 3. The van der Waals surface area contributed by atoms with Gasteiger partial charge in [-0.1, -0.05) is 30.7 Å². The van der Waals surface area contributed by atoms with E-state index in [1.165, 1.54) is 6.07 Å². The summed E-state index contributed by atoms with van der Waals surface area (Å²) in [5.41, 5.74) is 5.22. The average molecular weight is 405 g/mol. The van der Waals surface area contributed by atoms with Gasteiger partial charge in [-0.25, -0.2) is 14.3 Å². The van der Waals surface area contributed by atoms with E-state index in [2.05, 4.69) is 0 Å². The molecule has 2 aromatic carbocycles. The van der Waals surface area contributed by atoms with Gasteiger partial charge in [0.15, 0.2) is 0 Å². The van der Waals surface area contributed by atoms with Gasteiger partial charge in [0.05, 0.1) is 6.61 Å². The summed E-state index contributed by atoms with van der Waals surface area (Å²) in [7, 11) is 0. The maximum atomic E-state index is 13.8. The van der Waals surface area contributed by atoms with Crippen LogP contribution in [0, 0.1) is 38.3 Å². The van der Waals surface area contributed by atoms with E-state index in [4.69, 9.17) is 9.94 Å². The van der Waals surface area contributed by atoms with Crippen molar-refractivity contribution in [2.75, 3.05) is 6.61 Å². The molecular formula is C23H29F2NO3. The van der Waals surface area contributed by atoms with Crippen LogP contribution in [0.5, 0.6) is 0 Å². The van der Waals surface area contributed by atoms with Crippen molar-refractivity contribution in [3.63, 3.8) is 0 Å². The van der Waals surface area contributed by atoms with Crippen molar-refractivity contribution in [2.24, 2.45) is 5.92 Å². The zero-order valence-corrected chi connectivity index (χ0v) is 17.2. The SMILES string of the molecule is Cc1cc(COCCCC[C@@H](Cc2cc(C)c(F)c(C)c2)C(=O)NO)ccc1F. The van der Waals surface area contributed by atoms with Crippen LogP contribution in [-0.4, -0.2) is 17.7 Å². The Labute approximate surface area is 170 Å². The number of amides is 1. The molecule has 0 saturated heterocycles. The minimum atomic E-state index is -0.438. The summed E-state index contributed by atoms with van der Waals surface area (Å²) >= 11 is 0. The third kappa shape index (κ3) is 6.91. The van der Waals surface area contributed by atoms with Crippen molar-refractivity contribution in [1.29, 1.82) is 0 Å². The molecule has 0 aromatic heterocycles. The van der Waals surface area contributed by atoms with Gasteiger partial charge in [-0.15, -0.1) is 0 Å². The summed E-state index contributed by atoms with van der Waals surface area (Å²) in [6.45, 7) is 6.06. The Morgan fingerprint density at radius 1 is 1.03 bits per heavy atom. The molecule has 0 aliphatic rings. The fraction of sp³-hybridized carbons (Fsp3) is 0.435. The second-order valence-electron chi connectivity index (χ2n) is 7.55. The fourth-order valence-electron chi connectivity index (χ4n) is 3.44. The number of aryl methyl sites for hydroxylation is 3. The lowest BCUT2D eigenvalue weighted by Gasteiger charge is -2.16. The first-order chi connectivity index (χ1) is 13.8. The number of rotatable bonds is 10. The number of hydroxylamine groups is 1. The standard InChI is InChI=1S/C23H29F2NO3/c1-15-10-18(7-8-21(15)24)14-29-9-5-4-6-20(23(27)26-28)13-19-11-16(2)22(25)17(3)12-19/h7-8,10-12,20,28H,4-6,9,13-14H2,1-3H3,(H,26,27)/t20-/m0/s1. The molecule has 0 aliphatic heterocycles. The van der Waals surface area contributed by atoms with Crippen LogP contribution in [0.3, 0.4) is 0 Å². The predicted molar refractivity (Wildman–Crippen MR) is 108 cm³/mol. The second kappa shape index (κ2) is 11.0. The molecule has 0 unspecified atom stereocenters. The number of carbonyl (C=O) groups excluding carboxylic acids is 1. The maximum absolute atomic E-state index is 13.8. The topological polar surface area (TPSA) is 58.6 Å². The zero-order valence-electron chi connectivity index (χ0n) is 17.2. The average Bonchev–Trinajstić information content (AvgIpc) is 2.69. The summed E-state index contributed by atoms with van der Waals surface area (Å²) in [5.74, 6) is -1.30. The number of unbranched alkanes of at least 4 members (excludes halogenated alkanes) is 1. The molecule has 0 heterocycles. The highest BCUT2D eigenvalue weighted by atomic mass is 19.1. The van der Waals surface area contributed by atoms with Crippen molar-refractivity contribution in [3.8, 4) is 0 Å². The van der Waals surface area contributed by atoms with Crippen LogP contribution in [0.1, 0.15) is 47.1 Å². The minimum Gasteiger partial charge on any atom is -0.377 e. The fourth-order valence-corrected chi connectivity index (χ4v) is 3.44. The van der Waals surface area contributed by atoms with E-state index >= 15 is 0 Å². The number of ether oxygens (including phenoxy) is 1. The lowest BCUT2D eigenvalue weighted by molar-refractivity contribution is -0.133. The van der Waals surface area contributed by atoms with Crippen molar-refractivity contribution >= 4 is 5.91 Å². The van der Waals surface area contributed by atoms with Gasteiger partial charge in [0.2, 0.25) is 5.91 Å². The molecule has 29 heavy (non-hydrogen) atoms. The molecule has 4 nitrogen and oxygen atoms in total. The van der Waals surface area contributed by atoms with Gasteiger partial charge < -0.3 is 4.74 Å². The van der Waals surface area contributed by atoms with Crippen LogP contribution in [0.2, 0.25) is 0 Å². The molecule has 158 valence electrons. The van der Waals surface area contributed by atoms with E-state index in [-0.39, 0.29) is 11.6 Å². The Kier molecular flexibility index (Phi) is 8.73. The number of carbonyl (C=O) groups is 1. The Hall–Kier alpha value is -2.31. The predicted octanol–water partition coefficient (Wildman–Crippen LogP) is 4.94. The molecule has 0 aliphatic carbocycles. The van der Waals surface area contributed by atoms with Gasteiger partial charge in [-0.3, -0.25) is 10.0 Å². The molecule has 2 rings (SSSR count). The first kappa shape index (κ1) is 23.0. The van der Waals surface area contributed by atoms with E-state index in [0.717, 1.165) is 24.0 Å². The molecule has 1 amide bonds. The summed E-state index contributed by atoms with van der Waals surface area (Å²) in [5, 5.41) is 9.03. The smallest absolute Gasteiger partial charge is 0.246 e. The van der Waals surface area contributed by atoms with Gasteiger partial charge in [-0.05, 0) is 73.9 Å². The Balaban J connectivity index is 1.80. The van der Waals surface area contributed by atoms with Gasteiger partial charge in [-0.2, -0.15) is 0 Å².